The smallest absolute Gasteiger partial charge is 0.253 e. The van der Waals surface area contributed by atoms with Crippen molar-refractivity contribution in [2.45, 2.75) is 31.3 Å². The van der Waals surface area contributed by atoms with E-state index in [1.807, 2.05) is 24.3 Å². The molecule has 1 amide bonds. The van der Waals surface area contributed by atoms with Crippen LogP contribution in [0.4, 0.5) is 0 Å². The van der Waals surface area contributed by atoms with Crippen LogP contribution in [-0.2, 0) is 16.6 Å². The number of amides is 1. The highest BCUT2D eigenvalue weighted by atomic mass is 35.5. The van der Waals surface area contributed by atoms with E-state index in [2.05, 4.69) is 9.62 Å². The molecule has 1 aliphatic heterocycles. The van der Waals surface area contributed by atoms with Gasteiger partial charge in [-0.3, -0.25) is 9.69 Å². The van der Waals surface area contributed by atoms with E-state index in [1.165, 1.54) is 17.7 Å². The molecule has 1 N–H and O–H groups in total. The molecule has 2 aromatic carbocycles. The average molecular weight is 436 g/mol. The van der Waals surface area contributed by atoms with Crippen LogP contribution < -0.4 is 4.72 Å². The summed E-state index contributed by atoms with van der Waals surface area (Å²) < 4.78 is 27.3. The molecular formula is C21H26ClN3O3S. The SMILES string of the molecule is CC(C)NS(=O)(=O)c1cccc(C(=O)N2CCN(Cc3ccc(Cl)cc3)CC2)c1. The van der Waals surface area contributed by atoms with E-state index < -0.39 is 10.0 Å². The first-order chi connectivity index (χ1) is 13.7. The van der Waals surface area contributed by atoms with Gasteiger partial charge in [0.2, 0.25) is 10.0 Å². The van der Waals surface area contributed by atoms with Gasteiger partial charge in [0.25, 0.3) is 5.91 Å². The summed E-state index contributed by atoms with van der Waals surface area (Å²) in [6.45, 7) is 7.07. The van der Waals surface area contributed by atoms with Crippen molar-refractivity contribution in [2.75, 3.05) is 26.2 Å². The first-order valence-electron chi connectivity index (χ1n) is 9.63. The monoisotopic (exact) mass is 435 g/mol. The first kappa shape index (κ1) is 21.8. The number of hydrogen-bond donors (Lipinski definition) is 1. The van der Waals surface area contributed by atoms with Crippen molar-refractivity contribution in [3.63, 3.8) is 0 Å². The Kier molecular flexibility index (Phi) is 6.95. The molecule has 1 saturated heterocycles. The van der Waals surface area contributed by atoms with Crippen molar-refractivity contribution in [2.24, 2.45) is 0 Å². The van der Waals surface area contributed by atoms with Crippen LogP contribution in [0.5, 0.6) is 0 Å². The quantitative estimate of drug-likeness (QED) is 0.757. The van der Waals surface area contributed by atoms with Gasteiger partial charge in [0.1, 0.15) is 0 Å². The standard InChI is InChI=1S/C21H26ClN3O3S/c1-16(2)23-29(27,28)20-5-3-4-18(14-20)21(26)25-12-10-24(11-13-25)15-17-6-8-19(22)9-7-17/h3-9,14,16,23H,10-13,15H2,1-2H3. The number of piperazine rings is 1. The van der Waals surface area contributed by atoms with Crippen LogP contribution >= 0.6 is 11.6 Å². The third-order valence-corrected chi connectivity index (χ3v) is 6.67. The minimum absolute atomic E-state index is 0.110. The molecule has 1 fully saturated rings. The Balaban J connectivity index is 1.62. The van der Waals surface area contributed by atoms with Crippen LogP contribution in [0.2, 0.25) is 5.02 Å². The van der Waals surface area contributed by atoms with Crippen molar-refractivity contribution in [1.82, 2.24) is 14.5 Å². The van der Waals surface area contributed by atoms with Crippen LogP contribution in [0.15, 0.2) is 53.4 Å². The average Bonchev–Trinajstić information content (AvgIpc) is 2.69. The molecule has 0 spiro atoms. The molecule has 0 unspecified atom stereocenters. The second-order valence-electron chi connectivity index (χ2n) is 7.50. The van der Waals surface area contributed by atoms with Crippen molar-refractivity contribution < 1.29 is 13.2 Å². The van der Waals surface area contributed by atoms with Gasteiger partial charge in [-0.15, -0.1) is 0 Å². The van der Waals surface area contributed by atoms with E-state index in [0.717, 1.165) is 24.7 Å². The Bertz CT molecular complexity index is 953. The number of carbonyl (C=O) groups is 1. The summed E-state index contributed by atoms with van der Waals surface area (Å²) in [6.07, 6.45) is 0. The minimum Gasteiger partial charge on any atom is -0.336 e. The highest BCUT2D eigenvalue weighted by Gasteiger charge is 2.24. The summed E-state index contributed by atoms with van der Waals surface area (Å²) in [5.41, 5.74) is 1.58. The number of rotatable bonds is 6. The highest BCUT2D eigenvalue weighted by molar-refractivity contribution is 7.89. The Morgan fingerprint density at radius 1 is 1.07 bits per heavy atom. The number of sulfonamides is 1. The fourth-order valence-corrected chi connectivity index (χ4v) is 4.74. The van der Waals surface area contributed by atoms with Gasteiger partial charge in [0, 0.05) is 49.4 Å². The third-order valence-electron chi connectivity index (χ3n) is 4.76. The molecule has 0 saturated carbocycles. The fraction of sp³-hybridized carbons (Fsp3) is 0.381. The molecule has 0 atom stereocenters. The fourth-order valence-electron chi connectivity index (χ4n) is 3.31. The van der Waals surface area contributed by atoms with Crippen molar-refractivity contribution in [1.29, 1.82) is 0 Å². The van der Waals surface area contributed by atoms with E-state index >= 15 is 0 Å². The second-order valence-corrected chi connectivity index (χ2v) is 9.65. The van der Waals surface area contributed by atoms with E-state index in [0.29, 0.717) is 18.7 Å². The van der Waals surface area contributed by atoms with E-state index in [-0.39, 0.29) is 16.8 Å². The molecule has 8 heteroatoms. The van der Waals surface area contributed by atoms with E-state index in [1.54, 1.807) is 30.9 Å². The first-order valence-corrected chi connectivity index (χ1v) is 11.5. The lowest BCUT2D eigenvalue weighted by Gasteiger charge is -2.34. The van der Waals surface area contributed by atoms with Crippen LogP contribution in [0.1, 0.15) is 29.8 Å². The lowest BCUT2D eigenvalue weighted by Crippen LogP contribution is -2.48. The molecule has 1 aliphatic rings. The van der Waals surface area contributed by atoms with Gasteiger partial charge in [-0.05, 0) is 49.7 Å². The van der Waals surface area contributed by atoms with Crippen LogP contribution in [-0.4, -0.2) is 56.3 Å². The molecule has 3 rings (SSSR count). The maximum absolute atomic E-state index is 12.9. The lowest BCUT2D eigenvalue weighted by atomic mass is 10.1. The second kappa shape index (κ2) is 9.26. The van der Waals surface area contributed by atoms with E-state index in [4.69, 9.17) is 11.6 Å². The van der Waals surface area contributed by atoms with Crippen LogP contribution in [0.3, 0.4) is 0 Å². The molecule has 0 bridgehead atoms. The highest BCUT2D eigenvalue weighted by Crippen LogP contribution is 2.17. The van der Waals surface area contributed by atoms with E-state index in [9.17, 15) is 13.2 Å². The van der Waals surface area contributed by atoms with Gasteiger partial charge >= 0.3 is 0 Å². The number of halogens is 1. The zero-order valence-corrected chi connectivity index (χ0v) is 18.2. The predicted molar refractivity (Wildman–Crippen MR) is 115 cm³/mol. The summed E-state index contributed by atoms with van der Waals surface area (Å²) in [7, 11) is -3.63. The zero-order valence-electron chi connectivity index (χ0n) is 16.6. The van der Waals surface area contributed by atoms with Gasteiger partial charge in [0.15, 0.2) is 0 Å². The Labute approximate surface area is 177 Å². The summed E-state index contributed by atoms with van der Waals surface area (Å²) in [4.78, 5) is 17.1. The summed E-state index contributed by atoms with van der Waals surface area (Å²) in [6, 6.07) is 13.8. The molecule has 0 aliphatic carbocycles. The summed E-state index contributed by atoms with van der Waals surface area (Å²) in [5, 5.41) is 0.719. The molecule has 0 radical (unpaired) electrons. The number of hydrogen-bond acceptors (Lipinski definition) is 4. The molecule has 1 heterocycles. The Morgan fingerprint density at radius 3 is 2.34 bits per heavy atom. The molecular weight excluding hydrogens is 410 g/mol. The number of benzene rings is 2. The number of nitrogens with one attached hydrogen (secondary N) is 1. The Morgan fingerprint density at radius 2 is 1.72 bits per heavy atom. The largest absolute Gasteiger partial charge is 0.336 e. The van der Waals surface area contributed by atoms with Crippen LogP contribution in [0, 0.1) is 0 Å². The molecule has 29 heavy (non-hydrogen) atoms. The van der Waals surface area contributed by atoms with Gasteiger partial charge in [-0.25, -0.2) is 13.1 Å². The number of nitrogens with zero attached hydrogens (tertiary/aromatic N) is 2. The van der Waals surface area contributed by atoms with Crippen molar-refractivity contribution in [3.8, 4) is 0 Å². The van der Waals surface area contributed by atoms with Crippen molar-refractivity contribution >= 4 is 27.5 Å². The molecule has 0 aromatic heterocycles. The third kappa shape index (κ3) is 5.79. The topological polar surface area (TPSA) is 69.7 Å². The van der Waals surface area contributed by atoms with Gasteiger partial charge < -0.3 is 4.90 Å². The van der Waals surface area contributed by atoms with Gasteiger partial charge in [-0.1, -0.05) is 29.8 Å². The lowest BCUT2D eigenvalue weighted by molar-refractivity contribution is 0.0628. The predicted octanol–water partition coefficient (Wildman–Crippen LogP) is 2.98. The molecule has 2 aromatic rings. The van der Waals surface area contributed by atoms with Crippen molar-refractivity contribution in [3.05, 3.63) is 64.7 Å². The summed E-state index contributed by atoms with van der Waals surface area (Å²) >= 11 is 5.93. The maximum atomic E-state index is 12.9. The molecule has 156 valence electrons. The van der Waals surface area contributed by atoms with Gasteiger partial charge in [0.05, 0.1) is 4.90 Å². The molecule has 6 nitrogen and oxygen atoms in total. The Hall–Kier alpha value is -1.93. The zero-order chi connectivity index (χ0) is 21.0. The minimum atomic E-state index is -3.63. The van der Waals surface area contributed by atoms with Gasteiger partial charge in [-0.2, -0.15) is 0 Å². The maximum Gasteiger partial charge on any atom is 0.253 e. The normalized spacial score (nSPS) is 15.7. The van der Waals surface area contributed by atoms with Crippen LogP contribution in [0.25, 0.3) is 0 Å². The summed E-state index contributed by atoms with van der Waals surface area (Å²) in [5.74, 6) is -0.141. The number of carbonyl (C=O) groups excluding carboxylic acids is 1.